The van der Waals surface area contributed by atoms with Crippen LogP contribution in [-0.4, -0.2) is 45.5 Å². The molecule has 0 aliphatic heterocycles. The van der Waals surface area contributed by atoms with Crippen molar-refractivity contribution in [1.29, 1.82) is 0 Å². The average Bonchev–Trinajstić information content (AvgIpc) is 3.25. The van der Waals surface area contributed by atoms with Crippen molar-refractivity contribution in [3.05, 3.63) is 65.7 Å². The van der Waals surface area contributed by atoms with E-state index < -0.39 is 5.41 Å². The van der Waals surface area contributed by atoms with Crippen molar-refractivity contribution in [3.8, 4) is 16.9 Å². The highest BCUT2D eigenvalue weighted by Gasteiger charge is 2.32. The van der Waals surface area contributed by atoms with E-state index in [0.29, 0.717) is 28.8 Å². The Morgan fingerprint density at radius 2 is 1.76 bits per heavy atom. The Kier molecular flexibility index (Phi) is 8.75. The summed E-state index contributed by atoms with van der Waals surface area (Å²) >= 11 is 12.5. The van der Waals surface area contributed by atoms with Crippen LogP contribution in [0.3, 0.4) is 0 Å². The topological polar surface area (TPSA) is 67.2 Å². The highest BCUT2D eigenvalue weighted by Crippen LogP contribution is 2.28. The molecule has 0 unspecified atom stereocenters. The quantitative estimate of drug-likeness (QED) is 0.345. The number of halogens is 2. The van der Waals surface area contributed by atoms with Crippen molar-refractivity contribution in [2.24, 2.45) is 5.41 Å². The van der Waals surface area contributed by atoms with Gasteiger partial charge in [0.05, 0.1) is 28.4 Å². The van der Waals surface area contributed by atoms with Gasteiger partial charge in [-0.15, -0.1) is 11.6 Å². The minimum absolute atomic E-state index is 0.0759. The Morgan fingerprint density at radius 1 is 1.09 bits per heavy atom. The highest BCUT2D eigenvalue weighted by molar-refractivity contribution is 6.32. The number of hydrogen-bond acceptors (Lipinski definition) is 3. The summed E-state index contributed by atoms with van der Waals surface area (Å²) in [6, 6.07) is 18.8. The van der Waals surface area contributed by atoms with Crippen molar-refractivity contribution in [2.45, 2.75) is 33.6 Å². The maximum atomic E-state index is 13.1. The number of nitrogens with zero attached hydrogens (tertiary/aromatic N) is 3. The molecule has 6 nitrogen and oxygen atoms in total. The van der Waals surface area contributed by atoms with E-state index in [1.165, 1.54) is 0 Å². The van der Waals surface area contributed by atoms with Crippen molar-refractivity contribution in [2.75, 3.05) is 24.3 Å². The third kappa shape index (κ3) is 6.19. The van der Waals surface area contributed by atoms with Crippen LogP contribution < -0.4 is 5.32 Å². The molecule has 1 aromatic heterocycles. The molecule has 1 heterocycles. The van der Waals surface area contributed by atoms with Gasteiger partial charge in [0.2, 0.25) is 11.8 Å². The van der Waals surface area contributed by atoms with Crippen LogP contribution in [0.2, 0.25) is 5.02 Å². The number of amides is 2. The number of rotatable bonds is 10. The van der Waals surface area contributed by atoms with E-state index in [-0.39, 0.29) is 24.2 Å². The van der Waals surface area contributed by atoms with Gasteiger partial charge < -0.3 is 10.2 Å². The van der Waals surface area contributed by atoms with E-state index >= 15 is 0 Å². The zero-order valence-corrected chi connectivity index (χ0v) is 21.2. The third-order valence-corrected chi connectivity index (χ3v) is 6.43. The van der Waals surface area contributed by atoms with Gasteiger partial charge in [0.1, 0.15) is 5.82 Å². The first-order valence-corrected chi connectivity index (χ1v) is 12.2. The lowest BCUT2D eigenvalue weighted by Crippen LogP contribution is -2.46. The number of carbonyl (C=O) groups excluding carboxylic acids is 2. The van der Waals surface area contributed by atoms with Gasteiger partial charge in [0, 0.05) is 24.1 Å². The molecule has 1 N–H and O–H groups in total. The predicted octanol–water partition coefficient (Wildman–Crippen LogP) is 6.02. The summed E-state index contributed by atoms with van der Waals surface area (Å²) in [6.07, 6.45) is 1.71. The highest BCUT2D eigenvalue weighted by atomic mass is 35.5. The lowest BCUT2D eigenvalue weighted by molar-refractivity contribution is -0.141. The van der Waals surface area contributed by atoms with Gasteiger partial charge >= 0.3 is 0 Å². The largest absolute Gasteiger partial charge is 0.333 e. The van der Waals surface area contributed by atoms with E-state index in [0.717, 1.165) is 18.4 Å². The number of para-hydroxylation sites is 1. The van der Waals surface area contributed by atoms with Crippen molar-refractivity contribution < 1.29 is 9.59 Å². The molecule has 180 valence electrons. The maximum Gasteiger partial charge on any atom is 0.245 e. The molecule has 3 aromatic rings. The zero-order valence-electron chi connectivity index (χ0n) is 19.7. The normalized spacial score (nSPS) is 11.3. The fourth-order valence-corrected chi connectivity index (χ4v) is 3.80. The molecule has 0 spiro atoms. The molecule has 0 aliphatic carbocycles. The Morgan fingerprint density at radius 3 is 2.41 bits per heavy atom. The van der Waals surface area contributed by atoms with Crippen LogP contribution in [0.15, 0.2) is 60.7 Å². The molecule has 0 fully saturated rings. The third-order valence-electron chi connectivity index (χ3n) is 5.44. The molecule has 8 heteroatoms. The Balaban J connectivity index is 1.91. The SMILES string of the molecule is CCCCN(CC(=O)Nc1cc(-c2ccccc2)nn1-c1ccccc1Cl)C(=O)C(C)(C)CCl. The minimum atomic E-state index is -0.755. The van der Waals surface area contributed by atoms with Crippen molar-refractivity contribution >= 4 is 40.8 Å². The number of anilines is 1. The fourth-order valence-electron chi connectivity index (χ4n) is 3.47. The monoisotopic (exact) mass is 500 g/mol. The molecule has 2 aromatic carbocycles. The van der Waals surface area contributed by atoms with Crippen LogP contribution in [0.25, 0.3) is 16.9 Å². The Hall–Kier alpha value is -2.83. The number of benzene rings is 2. The summed E-state index contributed by atoms with van der Waals surface area (Å²) in [4.78, 5) is 27.7. The number of hydrogen-bond donors (Lipinski definition) is 1. The minimum Gasteiger partial charge on any atom is -0.333 e. The number of alkyl halides is 1. The molecule has 2 amide bonds. The van der Waals surface area contributed by atoms with E-state index in [1.807, 2.05) is 55.5 Å². The van der Waals surface area contributed by atoms with Crippen LogP contribution in [0.5, 0.6) is 0 Å². The second-order valence-electron chi connectivity index (χ2n) is 8.79. The van der Waals surface area contributed by atoms with Gasteiger partial charge in [-0.2, -0.15) is 5.10 Å². The average molecular weight is 501 g/mol. The van der Waals surface area contributed by atoms with Crippen LogP contribution in [-0.2, 0) is 9.59 Å². The van der Waals surface area contributed by atoms with Crippen LogP contribution in [0, 0.1) is 5.41 Å². The second-order valence-corrected chi connectivity index (χ2v) is 9.46. The summed E-state index contributed by atoms with van der Waals surface area (Å²) in [7, 11) is 0. The lowest BCUT2D eigenvalue weighted by Gasteiger charge is -2.30. The van der Waals surface area contributed by atoms with E-state index in [1.54, 1.807) is 35.6 Å². The summed E-state index contributed by atoms with van der Waals surface area (Å²) in [5.41, 5.74) is 1.49. The zero-order chi connectivity index (χ0) is 24.7. The molecule has 0 bridgehead atoms. The van der Waals surface area contributed by atoms with Crippen molar-refractivity contribution in [3.63, 3.8) is 0 Å². The molecular formula is C26H30Cl2N4O2. The predicted molar refractivity (Wildman–Crippen MR) is 139 cm³/mol. The van der Waals surface area contributed by atoms with Gasteiger partial charge in [-0.1, -0.05) is 67.4 Å². The maximum absolute atomic E-state index is 13.1. The molecule has 0 saturated heterocycles. The van der Waals surface area contributed by atoms with Gasteiger partial charge in [-0.3, -0.25) is 9.59 Å². The Bertz CT molecular complexity index is 1130. The van der Waals surface area contributed by atoms with Gasteiger partial charge in [0.15, 0.2) is 0 Å². The fraction of sp³-hybridized carbons (Fsp3) is 0.346. The number of aromatic nitrogens is 2. The molecule has 0 atom stereocenters. The van der Waals surface area contributed by atoms with E-state index in [9.17, 15) is 9.59 Å². The van der Waals surface area contributed by atoms with E-state index in [2.05, 4.69) is 5.32 Å². The van der Waals surface area contributed by atoms with E-state index in [4.69, 9.17) is 28.3 Å². The lowest BCUT2D eigenvalue weighted by atomic mass is 9.94. The summed E-state index contributed by atoms with van der Waals surface area (Å²) in [5.74, 6) is 0.185. The van der Waals surface area contributed by atoms with Gasteiger partial charge in [0.25, 0.3) is 0 Å². The summed E-state index contributed by atoms with van der Waals surface area (Å²) < 4.78 is 1.61. The standard InChI is InChI=1S/C26H30Cl2N4O2/c1-4-5-15-31(25(34)26(2,3)18-27)17-24(33)29-23-16-21(19-11-7-6-8-12-19)30-32(23)22-14-10-9-13-20(22)28/h6-14,16H,4-5,15,17-18H2,1-3H3,(H,29,33). The second kappa shape index (κ2) is 11.5. The first-order chi connectivity index (χ1) is 16.3. The van der Waals surface area contributed by atoms with Crippen LogP contribution >= 0.6 is 23.2 Å². The number of unbranched alkanes of at least 4 members (excludes halogenated alkanes) is 1. The first kappa shape index (κ1) is 25.8. The first-order valence-electron chi connectivity index (χ1n) is 11.3. The molecule has 0 saturated carbocycles. The van der Waals surface area contributed by atoms with Crippen molar-refractivity contribution in [1.82, 2.24) is 14.7 Å². The van der Waals surface area contributed by atoms with Gasteiger partial charge in [-0.05, 0) is 32.4 Å². The molecular weight excluding hydrogens is 471 g/mol. The van der Waals surface area contributed by atoms with Crippen LogP contribution in [0.4, 0.5) is 5.82 Å². The molecule has 34 heavy (non-hydrogen) atoms. The van der Waals surface area contributed by atoms with Gasteiger partial charge in [-0.25, -0.2) is 4.68 Å². The number of carbonyl (C=O) groups is 2. The summed E-state index contributed by atoms with van der Waals surface area (Å²) in [5, 5.41) is 8.14. The smallest absolute Gasteiger partial charge is 0.245 e. The van der Waals surface area contributed by atoms with Crippen LogP contribution in [0.1, 0.15) is 33.6 Å². The molecule has 0 aliphatic rings. The number of nitrogens with one attached hydrogen (secondary N) is 1. The molecule has 3 rings (SSSR count). The summed E-state index contributed by atoms with van der Waals surface area (Å²) in [6.45, 7) is 6.04. The Labute approximate surface area is 210 Å². The molecule has 0 radical (unpaired) electrons.